The van der Waals surface area contributed by atoms with E-state index in [-0.39, 0.29) is 20.4 Å². The van der Waals surface area contributed by atoms with E-state index in [9.17, 15) is 21.6 Å². The number of hydrogen-bond acceptors (Lipinski definition) is 5. The van der Waals surface area contributed by atoms with Gasteiger partial charge in [-0.1, -0.05) is 36.2 Å². The predicted octanol–water partition coefficient (Wildman–Crippen LogP) is 4.88. The third kappa shape index (κ3) is 5.73. The van der Waals surface area contributed by atoms with Crippen LogP contribution in [0.3, 0.4) is 0 Å². The zero-order chi connectivity index (χ0) is 25.9. The fourth-order valence-corrected chi connectivity index (χ4v) is 7.08. The molecule has 0 atom stereocenters. The second kappa shape index (κ2) is 10.6. The standard InChI is InChI=1S/C25H26ClN3O5S2/c1-18-7-3-4-8-23(18)28-35(31,32)24-17-19(9-14-22(24)26)25(30)27-20-10-12-21(13-11-20)36(33,34)29-15-5-2-6-16-29/h3-4,7-14,17,28H,2,5-6,15-16H2,1H3,(H,27,30). The molecule has 0 spiro atoms. The molecule has 11 heteroatoms. The number of sulfonamides is 2. The number of amides is 1. The average molecular weight is 548 g/mol. The van der Waals surface area contributed by atoms with Gasteiger partial charge in [-0.05, 0) is 73.9 Å². The number of nitrogens with one attached hydrogen (secondary N) is 2. The van der Waals surface area contributed by atoms with Gasteiger partial charge in [-0.3, -0.25) is 9.52 Å². The smallest absolute Gasteiger partial charge is 0.263 e. The molecular formula is C25H26ClN3O5S2. The van der Waals surface area contributed by atoms with Crippen molar-refractivity contribution in [1.82, 2.24) is 4.31 Å². The van der Waals surface area contributed by atoms with Gasteiger partial charge in [-0.2, -0.15) is 4.31 Å². The number of aryl methyl sites for hydroxylation is 1. The number of carbonyl (C=O) groups excluding carboxylic acids is 1. The molecule has 3 aromatic carbocycles. The van der Waals surface area contributed by atoms with Crippen molar-refractivity contribution in [3.63, 3.8) is 0 Å². The number of piperidine rings is 1. The van der Waals surface area contributed by atoms with Gasteiger partial charge in [0, 0.05) is 24.3 Å². The fraction of sp³-hybridized carbons (Fsp3) is 0.240. The fourth-order valence-electron chi connectivity index (χ4n) is 3.91. The van der Waals surface area contributed by atoms with Crippen molar-refractivity contribution >= 4 is 48.9 Å². The Morgan fingerprint density at radius 3 is 2.22 bits per heavy atom. The monoisotopic (exact) mass is 547 g/mol. The summed E-state index contributed by atoms with van der Waals surface area (Å²) in [5.74, 6) is -0.564. The van der Waals surface area contributed by atoms with Crippen molar-refractivity contribution in [3.8, 4) is 0 Å². The summed E-state index contributed by atoms with van der Waals surface area (Å²) in [6, 6.07) is 16.8. The van der Waals surface area contributed by atoms with Crippen molar-refractivity contribution in [2.24, 2.45) is 0 Å². The lowest BCUT2D eigenvalue weighted by molar-refractivity contribution is 0.102. The number of hydrogen-bond donors (Lipinski definition) is 2. The number of nitrogens with zero attached hydrogens (tertiary/aromatic N) is 1. The molecule has 1 aliphatic heterocycles. The highest BCUT2D eigenvalue weighted by Crippen LogP contribution is 2.27. The second-order valence-corrected chi connectivity index (χ2v) is 12.5. The average Bonchev–Trinajstić information content (AvgIpc) is 2.86. The third-order valence-corrected chi connectivity index (χ3v) is 9.70. The van der Waals surface area contributed by atoms with Crippen LogP contribution < -0.4 is 10.0 Å². The van der Waals surface area contributed by atoms with E-state index in [0.29, 0.717) is 24.5 Å². The maximum atomic E-state index is 13.0. The summed E-state index contributed by atoms with van der Waals surface area (Å²) in [6.07, 6.45) is 2.70. The van der Waals surface area contributed by atoms with Crippen molar-refractivity contribution < 1.29 is 21.6 Å². The SMILES string of the molecule is Cc1ccccc1NS(=O)(=O)c1cc(C(=O)Nc2ccc(S(=O)(=O)N3CCCCC3)cc2)ccc1Cl. The van der Waals surface area contributed by atoms with E-state index < -0.39 is 26.0 Å². The molecule has 1 saturated heterocycles. The number of anilines is 2. The van der Waals surface area contributed by atoms with Crippen molar-refractivity contribution in [2.45, 2.75) is 36.0 Å². The van der Waals surface area contributed by atoms with Gasteiger partial charge in [0.15, 0.2) is 0 Å². The van der Waals surface area contributed by atoms with Gasteiger partial charge >= 0.3 is 0 Å². The van der Waals surface area contributed by atoms with Crippen LogP contribution >= 0.6 is 11.6 Å². The number of para-hydroxylation sites is 1. The lowest BCUT2D eigenvalue weighted by Gasteiger charge is -2.25. The molecule has 36 heavy (non-hydrogen) atoms. The zero-order valence-corrected chi connectivity index (χ0v) is 22.0. The Morgan fingerprint density at radius 1 is 0.889 bits per heavy atom. The molecule has 1 aliphatic rings. The third-order valence-electron chi connectivity index (χ3n) is 5.94. The maximum absolute atomic E-state index is 13.0. The van der Waals surface area contributed by atoms with Crippen LogP contribution in [0.5, 0.6) is 0 Å². The Kier molecular flexibility index (Phi) is 7.70. The van der Waals surface area contributed by atoms with E-state index in [1.807, 2.05) is 0 Å². The van der Waals surface area contributed by atoms with Crippen LogP contribution in [0.2, 0.25) is 5.02 Å². The highest BCUT2D eigenvalue weighted by atomic mass is 35.5. The summed E-state index contributed by atoms with van der Waals surface area (Å²) in [5, 5.41) is 2.64. The van der Waals surface area contributed by atoms with E-state index in [1.165, 1.54) is 46.8 Å². The van der Waals surface area contributed by atoms with Crippen LogP contribution in [0.25, 0.3) is 0 Å². The van der Waals surface area contributed by atoms with Crippen molar-refractivity contribution in [2.75, 3.05) is 23.1 Å². The van der Waals surface area contributed by atoms with Gasteiger partial charge < -0.3 is 5.32 Å². The number of rotatable bonds is 7. The lowest BCUT2D eigenvalue weighted by atomic mass is 10.2. The van der Waals surface area contributed by atoms with Crippen LogP contribution in [0, 0.1) is 6.92 Å². The normalized spacial score (nSPS) is 14.8. The molecule has 0 saturated carbocycles. The Labute approximate surface area is 216 Å². The number of halogens is 1. The molecule has 1 fully saturated rings. The summed E-state index contributed by atoms with van der Waals surface area (Å²) in [7, 11) is -7.64. The molecule has 4 rings (SSSR count). The van der Waals surface area contributed by atoms with Crippen LogP contribution in [0.4, 0.5) is 11.4 Å². The van der Waals surface area contributed by atoms with Crippen molar-refractivity contribution in [3.05, 3.63) is 82.9 Å². The minimum absolute atomic E-state index is 0.0279. The van der Waals surface area contributed by atoms with E-state index in [4.69, 9.17) is 11.6 Å². The Bertz CT molecular complexity index is 1480. The molecule has 0 bridgehead atoms. The van der Waals surface area contributed by atoms with Crippen molar-refractivity contribution in [1.29, 1.82) is 0 Å². The summed E-state index contributed by atoms with van der Waals surface area (Å²) in [6.45, 7) is 2.77. The molecule has 2 N–H and O–H groups in total. The topological polar surface area (TPSA) is 113 Å². The van der Waals surface area contributed by atoms with E-state index in [1.54, 1.807) is 31.2 Å². The molecule has 0 radical (unpaired) electrons. The van der Waals surface area contributed by atoms with Gasteiger partial charge in [0.25, 0.3) is 15.9 Å². The highest BCUT2D eigenvalue weighted by molar-refractivity contribution is 7.92. The summed E-state index contributed by atoms with van der Waals surface area (Å²) in [5.41, 5.74) is 1.59. The molecule has 3 aromatic rings. The molecular weight excluding hydrogens is 522 g/mol. The van der Waals surface area contributed by atoms with Gasteiger partial charge in [0.1, 0.15) is 4.90 Å². The van der Waals surface area contributed by atoms with Crippen LogP contribution in [-0.2, 0) is 20.0 Å². The summed E-state index contributed by atoms with van der Waals surface area (Å²) >= 11 is 6.16. The molecule has 0 aromatic heterocycles. The second-order valence-electron chi connectivity index (χ2n) is 8.51. The predicted molar refractivity (Wildman–Crippen MR) is 140 cm³/mol. The maximum Gasteiger partial charge on any atom is 0.263 e. The van der Waals surface area contributed by atoms with Crippen LogP contribution in [0.1, 0.15) is 35.2 Å². The highest BCUT2D eigenvalue weighted by Gasteiger charge is 2.26. The van der Waals surface area contributed by atoms with Gasteiger partial charge in [-0.25, -0.2) is 16.8 Å². The summed E-state index contributed by atoms with van der Waals surface area (Å²) < 4.78 is 55.6. The number of carbonyl (C=O) groups is 1. The van der Waals surface area contributed by atoms with Gasteiger partial charge in [0.05, 0.1) is 15.6 Å². The Morgan fingerprint density at radius 2 is 1.56 bits per heavy atom. The first kappa shape index (κ1) is 26.2. The van der Waals surface area contributed by atoms with E-state index in [0.717, 1.165) is 24.8 Å². The first-order valence-electron chi connectivity index (χ1n) is 11.4. The first-order chi connectivity index (χ1) is 17.1. The zero-order valence-electron chi connectivity index (χ0n) is 19.6. The Hall–Kier alpha value is -2.92. The first-order valence-corrected chi connectivity index (χ1v) is 14.7. The van der Waals surface area contributed by atoms with Gasteiger partial charge in [-0.15, -0.1) is 0 Å². The Balaban J connectivity index is 1.51. The quantitative estimate of drug-likeness (QED) is 0.438. The molecule has 1 heterocycles. The van der Waals surface area contributed by atoms with E-state index >= 15 is 0 Å². The largest absolute Gasteiger partial charge is 0.322 e. The molecule has 0 aliphatic carbocycles. The minimum atomic E-state index is -4.06. The van der Waals surface area contributed by atoms with E-state index in [2.05, 4.69) is 10.0 Å². The molecule has 190 valence electrons. The summed E-state index contributed by atoms with van der Waals surface area (Å²) in [4.78, 5) is 12.8. The molecule has 8 nitrogen and oxygen atoms in total. The van der Waals surface area contributed by atoms with Crippen LogP contribution in [0.15, 0.2) is 76.5 Å². The van der Waals surface area contributed by atoms with Gasteiger partial charge in [0.2, 0.25) is 10.0 Å². The lowest BCUT2D eigenvalue weighted by Crippen LogP contribution is -2.35. The minimum Gasteiger partial charge on any atom is -0.322 e. The molecule has 1 amide bonds. The molecule has 0 unspecified atom stereocenters. The van der Waals surface area contributed by atoms with Crippen LogP contribution in [-0.4, -0.2) is 40.1 Å². The number of benzene rings is 3.